The van der Waals surface area contributed by atoms with E-state index in [0.717, 1.165) is 18.7 Å². The highest BCUT2D eigenvalue weighted by molar-refractivity contribution is 6.34. The Morgan fingerprint density at radius 1 is 1.14 bits per heavy atom. The number of nitrogens with one attached hydrogen (secondary N) is 1. The Morgan fingerprint density at radius 2 is 1.86 bits per heavy atom. The average molecular weight is 325 g/mol. The van der Waals surface area contributed by atoms with Crippen LogP contribution in [0.25, 0.3) is 0 Å². The first-order chi connectivity index (χ1) is 10.1. The summed E-state index contributed by atoms with van der Waals surface area (Å²) in [4.78, 5) is 4.42. The fraction of sp³-hybridized carbons (Fsp3) is 0.312. The maximum absolute atomic E-state index is 5.94. The molecule has 1 N–H and O–H groups in total. The normalized spacial score (nSPS) is 12.2. The summed E-state index contributed by atoms with van der Waals surface area (Å²) in [6.45, 7) is 5.21. The first kappa shape index (κ1) is 16.1. The molecule has 1 aromatic carbocycles. The van der Waals surface area contributed by atoms with Gasteiger partial charge in [-0.15, -0.1) is 0 Å². The van der Waals surface area contributed by atoms with Crippen molar-refractivity contribution < 1.29 is 4.74 Å². The molecule has 1 atom stereocenters. The Morgan fingerprint density at radius 3 is 2.43 bits per heavy atom. The zero-order chi connectivity index (χ0) is 15.2. The highest BCUT2D eigenvalue weighted by Gasteiger charge is 2.07. The summed E-state index contributed by atoms with van der Waals surface area (Å²) < 4.78 is 5.70. The molecule has 0 aliphatic carbocycles. The zero-order valence-corrected chi connectivity index (χ0v) is 13.6. The van der Waals surface area contributed by atoms with E-state index in [0.29, 0.717) is 21.5 Å². The number of nitrogens with zero attached hydrogens (tertiary/aromatic N) is 1. The van der Waals surface area contributed by atoms with Crippen molar-refractivity contribution in [1.29, 1.82) is 0 Å². The molecular weight excluding hydrogens is 307 g/mol. The molecule has 0 radical (unpaired) electrons. The summed E-state index contributed by atoms with van der Waals surface area (Å²) in [6, 6.07) is 9.16. The molecule has 21 heavy (non-hydrogen) atoms. The summed E-state index contributed by atoms with van der Waals surface area (Å²) in [5.41, 5.74) is 0.986. The number of aromatic nitrogens is 1. The molecule has 1 unspecified atom stereocenters. The summed E-state index contributed by atoms with van der Waals surface area (Å²) in [5.74, 6) is 1.25. The van der Waals surface area contributed by atoms with Crippen molar-refractivity contribution in [3.8, 4) is 11.5 Å². The van der Waals surface area contributed by atoms with Crippen LogP contribution in [0.2, 0.25) is 10.0 Å². The lowest BCUT2D eigenvalue weighted by atomic mass is 10.2. The van der Waals surface area contributed by atoms with Crippen LogP contribution in [-0.4, -0.2) is 11.5 Å². The van der Waals surface area contributed by atoms with E-state index in [1.807, 2.05) is 12.1 Å². The van der Waals surface area contributed by atoms with Crippen LogP contribution < -0.4 is 10.1 Å². The van der Waals surface area contributed by atoms with Crippen LogP contribution in [0, 0.1) is 0 Å². The molecule has 0 aliphatic rings. The van der Waals surface area contributed by atoms with Crippen LogP contribution in [0.4, 0.5) is 0 Å². The Labute approximate surface area is 135 Å². The van der Waals surface area contributed by atoms with E-state index in [-0.39, 0.29) is 6.04 Å². The van der Waals surface area contributed by atoms with Crippen LogP contribution in [0.5, 0.6) is 11.5 Å². The molecule has 2 rings (SSSR count). The van der Waals surface area contributed by atoms with E-state index in [1.165, 1.54) is 0 Å². The van der Waals surface area contributed by atoms with E-state index in [2.05, 4.69) is 24.1 Å². The predicted octanol–water partition coefficient (Wildman–Crippen LogP) is 5.24. The number of rotatable bonds is 6. The van der Waals surface area contributed by atoms with Gasteiger partial charge >= 0.3 is 0 Å². The van der Waals surface area contributed by atoms with Gasteiger partial charge in [-0.05, 0) is 50.2 Å². The molecular formula is C16H18Cl2N2O. The highest BCUT2D eigenvalue weighted by atomic mass is 35.5. The van der Waals surface area contributed by atoms with Crippen molar-refractivity contribution in [2.75, 3.05) is 6.54 Å². The second-order valence-electron chi connectivity index (χ2n) is 4.80. The Balaban J connectivity index is 2.05. The van der Waals surface area contributed by atoms with Gasteiger partial charge in [0.05, 0.1) is 11.9 Å². The molecule has 1 aromatic heterocycles. The van der Waals surface area contributed by atoms with E-state index in [9.17, 15) is 0 Å². The molecule has 0 amide bonds. The monoisotopic (exact) mass is 324 g/mol. The summed E-state index contributed by atoms with van der Waals surface area (Å²) in [7, 11) is 0. The standard InChI is InChI=1S/C16H18Cl2N2O/c1-3-6-19-11(2)16-5-4-14(10-20-16)21-15-8-12(17)7-13(18)9-15/h4-5,7-11,19H,3,6H2,1-2H3. The van der Waals surface area contributed by atoms with Crippen molar-refractivity contribution >= 4 is 23.2 Å². The third kappa shape index (κ3) is 4.88. The lowest BCUT2D eigenvalue weighted by Crippen LogP contribution is -2.20. The minimum absolute atomic E-state index is 0.222. The predicted molar refractivity (Wildman–Crippen MR) is 87.5 cm³/mol. The number of halogens is 2. The van der Waals surface area contributed by atoms with Crippen LogP contribution in [-0.2, 0) is 0 Å². The average Bonchev–Trinajstić information content (AvgIpc) is 2.44. The maximum atomic E-state index is 5.94. The fourth-order valence-corrected chi connectivity index (χ4v) is 2.40. The maximum Gasteiger partial charge on any atom is 0.145 e. The molecule has 0 fully saturated rings. The Hall–Kier alpha value is -1.29. The summed E-state index contributed by atoms with van der Waals surface area (Å²) in [5, 5.41) is 4.48. The van der Waals surface area contributed by atoms with Crippen LogP contribution in [0.3, 0.4) is 0 Å². The molecule has 0 saturated heterocycles. The number of hydrogen-bond acceptors (Lipinski definition) is 3. The molecule has 3 nitrogen and oxygen atoms in total. The van der Waals surface area contributed by atoms with Gasteiger partial charge in [-0.1, -0.05) is 30.1 Å². The fourth-order valence-electron chi connectivity index (χ4n) is 1.90. The zero-order valence-electron chi connectivity index (χ0n) is 12.1. The van der Waals surface area contributed by atoms with Crippen LogP contribution >= 0.6 is 23.2 Å². The van der Waals surface area contributed by atoms with Crippen molar-refractivity contribution in [1.82, 2.24) is 10.3 Å². The van der Waals surface area contributed by atoms with Gasteiger partial charge in [-0.25, -0.2) is 0 Å². The largest absolute Gasteiger partial charge is 0.456 e. The summed E-state index contributed by atoms with van der Waals surface area (Å²) in [6.07, 6.45) is 2.80. The smallest absolute Gasteiger partial charge is 0.145 e. The second kappa shape index (κ2) is 7.64. The molecule has 5 heteroatoms. The molecule has 0 bridgehead atoms. The first-order valence-corrected chi connectivity index (χ1v) is 7.67. The number of benzene rings is 1. The third-order valence-electron chi connectivity index (χ3n) is 2.98. The van der Waals surface area contributed by atoms with Gasteiger partial charge in [0.25, 0.3) is 0 Å². The first-order valence-electron chi connectivity index (χ1n) is 6.91. The molecule has 1 heterocycles. The second-order valence-corrected chi connectivity index (χ2v) is 5.67. The molecule has 0 spiro atoms. The minimum Gasteiger partial charge on any atom is -0.456 e. The van der Waals surface area contributed by atoms with Gasteiger partial charge < -0.3 is 10.1 Å². The number of pyridine rings is 1. The van der Waals surface area contributed by atoms with Gasteiger partial charge in [0, 0.05) is 16.1 Å². The van der Waals surface area contributed by atoms with Gasteiger partial charge in [0.1, 0.15) is 11.5 Å². The topological polar surface area (TPSA) is 34.1 Å². The SMILES string of the molecule is CCCNC(C)c1ccc(Oc2cc(Cl)cc(Cl)c2)cn1. The van der Waals surface area contributed by atoms with Gasteiger partial charge in [-0.2, -0.15) is 0 Å². The van der Waals surface area contributed by atoms with E-state index >= 15 is 0 Å². The minimum atomic E-state index is 0.222. The molecule has 0 saturated carbocycles. The van der Waals surface area contributed by atoms with Gasteiger partial charge in [0.2, 0.25) is 0 Å². The van der Waals surface area contributed by atoms with E-state index in [4.69, 9.17) is 27.9 Å². The lowest BCUT2D eigenvalue weighted by Gasteiger charge is -2.13. The number of hydrogen-bond donors (Lipinski definition) is 1. The van der Waals surface area contributed by atoms with Gasteiger partial charge in [-0.3, -0.25) is 4.98 Å². The molecule has 2 aromatic rings. The van der Waals surface area contributed by atoms with Crippen LogP contribution in [0.15, 0.2) is 36.5 Å². The van der Waals surface area contributed by atoms with Crippen molar-refractivity contribution in [2.45, 2.75) is 26.3 Å². The highest BCUT2D eigenvalue weighted by Crippen LogP contribution is 2.28. The van der Waals surface area contributed by atoms with Crippen molar-refractivity contribution in [2.24, 2.45) is 0 Å². The molecule has 112 valence electrons. The van der Waals surface area contributed by atoms with Crippen molar-refractivity contribution in [3.63, 3.8) is 0 Å². The van der Waals surface area contributed by atoms with Gasteiger partial charge in [0.15, 0.2) is 0 Å². The Kier molecular flexibility index (Phi) is 5.85. The molecule has 0 aliphatic heterocycles. The number of ether oxygens (including phenoxy) is 1. The quantitative estimate of drug-likeness (QED) is 0.788. The van der Waals surface area contributed by atoms with E-state index < -0.39 is 0 Å². The Bertz CT molecular complexity index is 567. The van der Waals surface area contributed by atoms with Crippen LogP contribution in [0.1, 0.15) is 32.0 Å². The lowest BCUT2D eigenvalue weighted by molar-refractivity contribution is 0.478. The van der Waals surface area contributed by atoms with E-state index in [1.54, 1.807) is 24.4 Å². The third-order valence-corrected chi connectivity index (χ3v) is 3.41. The van der Waals surface area contributed by atoms with Crippen molar-refractivity contribution in [3.05, 3.63) is 52.3 Å². The summed E-state index contributed by atoms with van der Waals surface area (Å²) >= 11 is 11.9.